The average molecular weight is 457 g/mol. The third-order valence-electron chi connectivity index (χ3n) is 4.51. The lowest BCUT2D eigenvalue weighted by molar-refractivity contribution is 0.0590. The Morgan fingerprint density at radius 1 is 1.31 bits per heavy atom. The van der Waals surface area contributed by atoms with Crippen molar-refractivity contribution >= 4 is 46.6 Å². The van der Waals surface area contributed by atoms with E-state index >= 15 is 0 Å². The minimum absolute atomic E-state index is 0.171. The van der Waals surface area contributed by atoms with E-state index in [9.17, 15) is 4.39 Å². The van der Waals surface area contributed by atoms with E-state index in [0.717, 1.165) is 0 Å². The molecular formula is C18H20BrClFN3OSi. The first-order valence-electron chi connectivity index (χ1n) is 8.25. The lowest BCUT2D eigenvalue weighted by Crippen LogP contribution is -2.38. The number of hydrogen-bond donors (Lipinski definition) is 0. The van der Waals surface area contributed by atoms with Crippen molar-refractivity contribution in [2.45, 2.75) is 39.0 Å². The Morgan fingerprint density at radius 3 is 2.69 bits per heavy atom. The molecular weight excluding hydrogens is 437 g/mol. The summed E-state index contributed by atoms with van der Waals surface area (Å²) in [4.78, 5) is 8.23. The van der Waals surface area contributed by atoms with Gasteiger partial charge in [-0.15, -0.1) is 0 Å². The van der Waals surface area contributed by atoms with E-state index in [4.69, 9.17) is 16.3 Å². The van der Waals surface area contributed by atoms with E-state index < -0.39 is 14.0 Å². The molecule has 1 unspecified atom stereocenters. The molecule has 0 N–H and O–H groups in total. The second-order valence-corrected chi connectivity index (χ2v) is 14.1. The second kappa shape index (κ2) is 7.38. The van der Waals surface area contributed by atoms with Gasteiger partial charge in [0.25, 0.3) is 0 Å². The first-order valence-corrected chi connectivity index (χ1v) is 13.0. The minimum Gasteiger partial charge on any atom is -0.361 e. The minimum atomic E-state index is -1.43. The molecule has 0 aliphatic rings. The summed E-state index contributed by atoms with van der Waals surface area (Å²) < 4.78 is 22.9. The van der Waals surface area contributed by atoms with Crippen LogP contribution in [0, 0.1) is 5.95 Å². The van der Waals surface area contributed by atoms with Crippen LogP contribution < -0.4 is 0 Å². The van der Waals surface area contributed by atoms with Crippen LogP contribution in [0.15, 0.2) is 35.2 Å². The molecule has 0 aliphatic heterocycles. The smallest absolute Gasteiger partial charge is 0.220 e. The van der Waals surface area contributed by atoms with Crippen LogP contribution in [-0.2, 0) is 11.5 Å². The predicted molar refractivity (Wildman–Crippen MR) is 110 cm³/mol. The summed E-state index contributed by atoms with van der Waals surface area (Å²) >= 11 is 9.91. The lowest BCUT2D eigenvalue weighted by atomic mass is 10.1. The molecule has 3 rings (SSSR count). The standard InChI is InChI=1S/C18H20BrClFN3OSi/c1-11(26(2,3)4)25-10-24-9-13(12-6-5-7-22-17(12)21)15-16(20)14(19)8-23-18(15)24/h5-9,11H,10H2,1-4H3. The van der Waals surface area contributed by atoms with Gasteiger partial charge in [-0.1, -0.05) is 31.2 Å². The molecule has 0 radical (unpaired) electrons. The number of rotatable bonds is 5. The average Bonchev–Trinajstić information content (AvgIpc) is 2.94. The topological polar surface area (TPSA) is 39.9 Å². The highest BCUT2D eigenvalue weighted by atomic mass is 79.9. The van der Waals surface area contributed by atoms with Gasteiger partial charge in [0.2, 0.25) is 5.95 Å². The number of nitrogens with zero attached hydrogens (tertiary/aromatic N) is 3. The lowest BCUT2D eigenvalue weighted by Gasteiger charge is -2.25. The number of halogens is 3. The number of fused-ring (bicyclic) bond motifs is 1. The van der Waals surface area contributed by atoms with E-state index in [0.29, 0.717) is 38.4 Å². The molecule has 3 aromatic rings. The van der Waals surface area contributed by atoms with Crippen molar-refractivity contribution in [3.63, 3.8) is 0 Å². The Kier molecular flexibility index (Phi) is 5.53. The highest BCUT2D eigenvalue weighted by Crippen LogP contribution is 2.38. The zero-order chi connectivity index (χ0) is 19.1. The highest BCUT2D eigenvalue weighted by Gasteiger charge is 2.24. The van der Waals surface area contributed by atoms with Crippen molar-refractivity contribution in [2.24, 2.45) is 0 Å². The molecule has 0 amide bonds. The van der Waals surface area contributed by atoms with Crippen LogP contribution in [0.1, 0.15) is 6.92 Å². The summed E-state index contributed by atoms with van der Waals surface area (Å²) in [6, 6.07) is 3.38. The molecule has 0 bridgehead atoms. The number of hydrogen-bond acceptors (Lipinski definition) is 3. The number of ether oxygens (including phenoxy) is 1. The Morgan fingerprint density at radius 2 is 2.04 bits per heavy atom. The van der Waals surface area contributed by atoms with E-state index in [1.165, 1.54) is 6.20 Å². The van der Waals surface area contributed by atoms with Crippen LogP contribution in [0.5, 0.6) is 0 Å². The van der Waals surface area contributed by atoms with E-state index in [-0.39, 0.29) is 5.73 Å². The molecule has 3 heterocycles. The maximum Gasteiger partial charge on any atom is 0.220 e. The molecule has 0 aliphatic carbocycles. The van der Waals surface area contributed by atoms with Crippen LogP contribution in [-0.4, -0.2) is 28.3 Å². The maximum absolute atomic E-state index is 14.3. The van der Waals surface area contributed by atoms with Crippen LogP contribution in [0.3, 0.4) is 0 Å². The first-order chi connectivity index (χ1) is 12.2. The molecule has 3 aromatic heterocycles. The van der Waals surface area contributed by atoms with E-state index in [2.05, 4.69) is 52.5 Å². The SMILES string of the molecule is CC(OCn1cc(-c2cccnc2F)c2c(Cl)c(Br)cnc21)[Si](C)(C)C. The van der Waals surface area contributed by atoms with Gasteiger partial charge in [0.1, 0.15) is 12.4 Å². The highest BCUT2D eigenvalue weighted by molar-refractivity contribution is 9.10. The van der Waals surface area contributed by atoms with E-state index in [1.807, 2.05) is 10.8 Å². The number of pyridine rings is 2. The summed E-state index contributed by atoms with van der Waals surface area (Å²) in [6.45, 7) is 9.20. The number of aromatic nitrogens is 3. The molecule has 138 valence electrons. The fourth-order valence-electron chi connectivity index (χ4n) is 2.53. The van der Waals surface area contributed by atoms with Gasteiger partial charge in [0.15, 0.2) is 0 Å². The summed E-state index contributed by atoms with van der Waals surface area (Å²) in [5.74, 6) is -0.543. The molecule has 1 atom stereocenters. The third-order valence-corrected chi connectivity index (χ3v) is 8.34. The van der Waals surface area contributed by atoms with Gasteiger partial charge in [0, 0.05) is 40.8 Å². The zero-order valence-electron chi connectivity index (χ0n) is 15.1. The molecule has 4 nitrogen and oxygen atoms in total. The van der Waals surface area contributed by atoms with Crippen LogP contribution in [0.4, 0.5) is 4.39 Å². The fraction of sp³-hybridized carbons (Fsp3) is 0.333. The molecule has 0 saturated carbocycles. The van der Waals surface area contributed by atoms with Crippen LogP contribution >= 0.6 is 27.5 Å². The van der Waals surface area contributed by atoms with Crippen molar-refractivity contribution in [1.29, 1.82) is 0 Å². The van der Waals surface area contributed by atoms with Crippen molar-refractivity contribution in [1.82, 2.24) is 14.5 Å². The maximum atomic E-state index is 14.3. The summed E-state index contributed by atoms with van der Waals surface area (Å²) in [5.41, 5.74) is 1.86. The second-order valence-electron chi connectivity index (χ2n) is 7.28. The Hall–Kier alpha value is -1.28. The Balaban J connectivity index is 2.11. The molecule has 0 fully saturated rings. The van der Waals surface area contributed by atoms with Crippen LogP contribution in [0.25, 0.3) is 22.2 Å². The molecule has 26 heavy (non-hydrogen) atoms. The van der Waals surface area contributed by atoms with Gasteiger partial charge < -0.3 is 9.30 Å². The van der Waals surface area contributed by atoms with Crippen molar-refractivity contribution in [3.05, 3.63) is 46.2 Å². The van der Waals surface area contributed by atoms with E-state index in [1.54, 1.807) is 18.3 Å². The summed E-state index contributed by atoms with van der Waals surface area (Å²) in [7, 11) is -1.43. The first kappa shape index (κ1) is 19.5. The molecule has 0 saturated heterocycles. The van der Waals surface area contributed by atoms with Crippen molar-refractivity contribution < 1.29 is 9.13 Å². The largest absolute Gasteiger partial charge is 0.361 e. The van der Waals surface area contributed by atoms with Crippen molar-refractivity contribution in [3.8, 4) is 11.1 Å². The molecule has 0 spiro atoms. The van der Waals surface area contributed by atoms with Gasteiger partial charge in [-0.25, -0.2) is 9.97 Å². The van der Waals surface area contributed by atoms with Gasteiger partial charge in [-0.2, -0.15) is 4.39 Å². The van der Waals surface area contributed by atoms with Gasteiger partial charge in [-0.05, 0) is 35.0 Å². The van der Waals surface area contributed by atoms with Crippen LogP contribution in [0.2, 0.25) is 24.7 Å². The Labute approximate surface area is 166 Å². The third kappa shape index (κ3) is 3.71. The van der Waals surface area contributed by atoms with Gasteiger partial charge in [-0.3, -0.25) is 0 Å². The normalized spacial score (nSPS) is 13.3. The fourth-order valence-corrected chi connectivity index (χ4v) is 3.64. The zero-order valence-corrected chi connectivity index (χ0v) is 18.4. The monoisotopic (exact) mass is 455 g/mol. The van der Waals surface area contributed by atoms with Crippen molar-refractivity contribution in [2.75, 3.05) is 0 Å². The predicted octanol–water partition coefficient (Wildman–Crippen LogP) is 5.89. The summed E-state index contributed by atoms with van der Waals surface area (Å²) in [6.07, 6.45) is 4.89. The summed E-state index contributed by atoms with van der Waals surface area (Å²) in [5, 5.41) is 1.17. The molecule has 0 aromatic carbocycles. The molecule has 8 heteroatoms. The van der Waals surface area contributed by atoms with Gasteiger partial charge in [0.05, 0.1) is 17.6 Å². The quantitative estimate of drug-likeness (QED) is 0.355. The Bertz CT molecular complexity index is 957. The van der Waals surface area contributed by atoms with Gasteiger partial charge >= 0.3 is 0 Å².